The van der Waals surface area contributed by atoms with E-state index in [2.05, 4.69) is 10.3 Å². The van der Waals surface area contributed by atoms with Gasteiger partial charge in [-0.1, -0.05) is 23.7 Å². The minimum Gasteiger partial charge on any atom is -0.366 e. The summed E-state index contributed by atoms with van der Waals surface area (Å²) in [6.07, 6.45) is 1.39. The number of amides is 2. The Balaban J connectivity index is 2.30. The topological polar surface area (TPSA) is 85.1 Å². The number of primary amides is 1. The van der Waals surface area contributed by atoms with Crippen molar-refractivity contribution in [1.82, 2.24) is 4.98 Å². The minimum absolute atomic E-state index is 0.233. The Bertz CT molecular complexity index is 686. The summed E-state index contributed by atoms with van der Waals surface area (Å²) >= 11 is 6.00. The molecule has 0 bridgehead atoms. The first-order chi connectivity index (χ1) is 9.49. The van der Waals surface area contributed by atoms with Crippen LogP contribution < -0.4 is 11.1 Å². The summed E-state index contributed by atoms with van der Waals surface area (Å²) in [5.74, 6) is -1.06. The summed E-state index contributed by atoms with van der Waals surface area (Å²) in [6, 6.07) is 8.07. The summed E-state index contributed by atoms with van der Waals surface area (Å²) in [5, 5.41) is 2.90. The maximum Gasteiger partial charge on any atom is 0.258 e. The molecule has 102 valence electrons. The molecule has 2 rings (SSSR count). The number of hydrogen-bond acceptors (Lipinski definition) is 3. The number of benzene rings is 1. The second-order valence-corrected chi connectivity index (χ2v) is 4.58. The van der Waals surface area contributed by atoms with E-state index in [-0.39, 0.29) is 11.1 Å². The summed E-state index contributed by atoms with van der Waals surface area (Å²) in [7, 11) is 0. The number of nitrogens with one attached hydrogen (secondary N) is 1. The van der Waals surface area contributed by atoms with Gasteiger partial charge in [0.05, 0.1) is 21.8 Å². The van der Waals surface area contributed by atoms with Gasteiger partial charge in [-0.3, -0.25) is 14.6 Å². The van der Waals surface area contributed by atoms with Crippen molar-refractivity contribution in [1.29, 1.82) is 0 Å². The normalized spacial score (nSPS) is 10.1. The van der Waals surface area contributed by atoms with Crippen molar-refractivity contribution in [3.05, 3.63) is 58.4 Å². The molecule has 1 heterocycles. The van der Waals surface area contributed by atoms with E-state index in [4.69, 9.17) is 17.3 Å². The number of carbonyl (C=O) groups is 2. The molecule has 0 saturated heterocycles. The Morgan fingerprint density at radius 3 is 2.60 bits per heavy atom. The molecule has 0 radical (unpaired) electrons. The van der Waals surface area contributed by atoms with Crippen LogP contribution in [0.4, 0.5) is 5.69 Å². The van der Waals surface area contributed by atoms with Crippen molar-refractivity contribution in [2.75, 3.05) is 5.32 Å². The highest BCUT2D eigenvalue weighted by molar-refractivity contribution is 6.34. The Labute approximate surface area is 120 Å². The summed E-state index contributed by atoms with van der Waals surface area (Å²) in [4.78, 5) is 27.4. The maximum absolute atomic E-state index is 12.1. The van der Waals surface area contributed by atoms with Crippen LogP contribution in [0, 0.1) is 6.92 Å². The number of anilines is 1. The van der Waals surface area contributed by atoms with Crippen LogP contribution in [0.25, 0.3) is 0 Å². The lowest BCUT2D eigenvalue weighted by Crippen LogP contribution is -2.18. The molecule has 6 heteroatoms. The first-order valence-electron chi connectivity index (χ1n) is 5.81. The SMILES string of the molecule is Cc1cc(Cl)c(C(=O)Nc2ccccc2C(N)=O)cn1. The number of aromatic nitrogens is 1. The molecule has 1 aromatic carbocycles. The number of pyridine rings is 1. The predicted molar refractivity (Wildman–Crippen MR) is 76.9 cm³/mol. The van der Waals surface area contributed by atoms with E-state index in [0.717, 1.165) is 0 Å². The zero-order valence-corrected chi connectivity index (χ0v) is 11.4. The first kappa shape index (κ1) is 14.0. The van der Waals surface area contributed by atoms with Gasteiger partial charge in [-0.05, 0) is 25.1 Å². The molecule has 2 amide bonds. The molecule has 1 aromatic heterocycles. The Morgan fingerprint density at radius 1 is 1.25 bits per heavy atom. The highest BCUT2D eigenvalue weighted by atomic mass is 35.5. The van der Waals surface area contributed by atoms with Crippen molar-refractivity contribution in [3.63, 3.8) is 0 Å². The highest BCUT2D eigenvalue weighted by Crippen LogP contribution is 2.19. The zero-order valence-electron chi connectivity index (χ0n) is 10.7. The molecule has 0 aliphatic carbocycles. The largest absolute Gasteiger partial charge is 0.366 e. The van der Waals surface area contributed by atoms with Gasteiger partial charge in [-0.2, -0.15) is 0 Å². The lowest BCUT2D eigenvalue weighted by atomic mass is 10.1. The van der Waals surface area contributed by atoms with Crippen molar-refractivity contribution >= 4 is 29.1 Å². The van der Waals surface area contributed by atoms with Gasteiger partial charge in [-0.25, -0.2) is 0 Å². The molecular weight excluding hydrogens is 278 g/mol. The Kier molecular flexibility index (Phi) is 4.00. The molecule has 0 saturated carbocycles. The Morgan fingerprint density at radius 2 is 1.95 bits per heavy atom. The van der Waals surface area contributed by atoms with Gasteiger partial charge in [-0.15, -0.1) is 0 Å². The average molecular weight is 290 g/mol. The van der Waals surface area contributed by atoms with Crippen molar-refractivity contribution in [2.24, 2.45) is 5.73 Å². The lowest BCUT2D eigenvalue weighted by molar-refractivity contribution is 0.100. The Hall–Kier alpha value is -2.40. The first-order valence-corrected chi connectivity index (χ1v) is 6.19. The van der Waals surface area contributed by atoms with Crippen LogP contribution in [0.3, 0.4) is 0 Å². The third-order valence-electron chi connectivity index (χ3n) is 2.68. The van der Waals surface area contributed by atoms with E-state index in [1.807, 2.05) is 0 Å². The molecule has 0 atom stereocenters. The number of para-hydroxylation sites is 1. The van der Waals surface area contributed by atoms with Crippen LogP contribution in [0.1, 0.15) is 26.4 Å². The summed E-state index contributed by atoms with van der Waals surface area (Å²) in [6.45, 7) is 1.77. The van der Waals surface area contributed by atoms with Crippen LogP contribution in [0.5, 0.6) is 0 Å². The highest BCUT2D eigenvalue weighted by Gasteiger charge is 2.14. The smallest absolute Gasteiger partial charge is 0.258 e. The number of nitrogens with zero attached hydrogens (tertiary/aromatic N) is 1. The monoisotopic (exact) mass is 289 g/mol. The molecule has 2 aromatic rings. The fourth-order valence-corrected chi connectivity index (χ4v) is 1.98. The third kappa shape index (κ3) is 2.95. The van der Waals surface area contributed by atoms with E-state index < -0.39 is 11.8 Å². The molecule has 3 N–H and O–H groups in total. The van der Waals surface area contributed by atoms with E-state index >= 15 is 0 Å². The minimum atomic E-state index is -0.617. The van der Waals surface area contributed by atoms with Crippen molar-refractivity contribution in [3.8, 4) is 0 Å². The number of halogens is 1. The van der Waals surface area contributed by atoms with Gasteiger partial charge in [0.1, 0.15) is 0 Å². The van der Waals surface area contributed by atoms with Gasteiger partial charge < -0.3 is 11.1 Å². The number of rotatable bonds is 3. The maximum atomic E-state index is 12.1. The van der Waals surface area contributed by atoms with Gasteiger partial charge in [0.15, 0.2) is 0 Å². The molecular formula is C14H12ClN3O2. The van der Waals surface area contributed by atoms with Crippen molar-refractivity contribution < 1.29 is 9.59 Å². The molecule has 0 aliphatic rings. The second kappa shape index (κ2) is 5.71. The molecule has 20 heavy (non-hydrogen) atoms. The van der Waals surface area contributed by atoms with E-state index in [0.29, 0.717) is 16.4 Å². The summed E-state index contributed by atoms with van der Waals surface area (Å²) in [5.41, 5.74) is 6.76. The number of nitrogens with two attached hydrogens (primary N) is 1. The molecule has 5 nitrogen and oxygen atoms in total. The quantitative estimate of drug-likeness (QED) is 0.910. The van der Waals surface area contributed by atoms with Crippen LogP contribution in [-0.4, -0.2) is 16.8 Å². The molecule has 0 spiro atoms. The second-order valence-electron chi connectivity index (χ2n) is 4.17. The van der Waals surface area contributed by atoms with Gasteiger partial charge in [0.25, 0.3) is 11.8 Å². The third-order valence-corrected chi connectivity index (χ3v) is 2.99. The zero-order chi connectivity index (χ0) is 14.7. The van der Waals surface area contributed by atoms with Crippen LogP contribution >= 0.6 is 11.6 Å². The fraction of sp³-hybridized carbons (Fsp3) is 0.0714. The fourth-order valence-electron chi connectivity index (χ4n) is 1.69. The number of aryl methyl sites for hydroxylation is 1. The summed E-state index contributed by atoms with van der Waals surface area (Å²) < 4.78 is 0. The van der Waals surface area contributed by atoms with E-state index in [9.17, 15) is 9.59 Å². The van der Waals surface area contributed by atoms with Gasteiger partial charge >= 0.3 is 0 Å². The van der Waals surface area contributed by atoms with Gasteiger partial charge in [0.2, 0.25) is 0 Å². The standard InChI is InChI=1S/C14H12ClN3O2/c1-8-6-11(15)10(7-17-8)14(20)18-12-5-3-2-4-9(12)13(16)19/h2-7H,1H3,(H2,16,19)(H,18,20). The molecule has 0 fully saturated rings. The van der Waals surface area contributed by atoms with E-state index in [1.54, 1.807) is 31.2 Å². The van der Waals surface area contributed by atoms with Crippen molar-refractivity contribution in [2.45, 2.75) is 6.92 Å². The van der Waals surface area contributed by atoms with E-state index in [1.165, 1.54) is 12.3 Å². The predicted octanol–water partition coefficient (Wildman–Crippen LogP) is 2.39. The van der Waals surface area contributed by atoms with Crippen LogP contribution in [0.2, 0.25) is 5.02 Å². The van der Waals surface area contributed by atoms with Crippen LogP contribution in [-0.2, 0) is 0 Å². The average Bonchev–Trinajstić information content (AvgIpc) is 2.38. The van der Waals surface area contributed by atoms with Crippen LogP contribution in [0.15, 0.2) is 36.5 Å². The lowest BCUT2D eigenvalue weighted by Gasteiger charge is -2.09. The molecule has 0 unspecified atom stereocenters. The molecule has 0 aliphatic heterocycles. The van der Waals surface area contributed by atoms with Gasteiger partial charge in [0, 0.05) is 11.9 Å². The number of carbonyl (C=O) groups excluding carboxylic acids is 2. The number of hydrogen-bond donors (Lipinski definition) is 2.